The van der Waals surface area contributed by atoms with Crippen LogP contribution in [0.25, 0.3) is 0 Å². The summed E-state index contributed by atoms with van der Waals surface area (Å²) in [4.78, 5) is 12.5. The molecule has 1 atom stereocenters. The predicted octanol–water partition coefficient (Wildman–Crippen LogP) is 3.54. The number of alkyl halides is 1. The molecule has 2 rings (SSSR count). The van der Waals surface area contributed by atoms with E-state index in [1.54, 1.807) is 29.7 Å². The summed E-state index contributed by atoms with van der Waals surface area (Å²) in [6.45, 7) is 3.31. The Kier molecular flexibility index (Phi) is 10.1. The van der Waals surface area contributed by atoms with Gasteiger partial charge in [-0.25, -0.2) is 13.9 Å². The molecule has 8 nitrogen and oxygen atoms in total. The molecule has 0 aliphatic carbocycles. The van der Waals surface area contributed by atoms with Crippen LogP contribution < -0.4 is 15.0 Å². The molecule has 0 spiro atoms. The van der Waals surface area contributed by atoms with E-state index < -0.39 is 28.6 Å². The van der Waals surface area contributed by atoms with Crippen molar-refractivity contribution in [1.82, 2.24) is 9.79 Å². The number of benzene rings is 2. The topological polar surface area (TPSA) is 105 Å². The van der Waals surface area contributed by atoms with Crippen LogP contribution in [0.15, 0.2) is 53.4 Å². The van der Waals surface area contributed by atoms with Crippen LogP contribution in [0.5, 0.6) is 11.5 Å². The van der Waals surface area contributed by atoms with Crippen LogP contribution in [0.3, 0.4) is 0 Å². The summed E-state index contributed by atoms with van der Waals surface area (Å²) >= 11 is 0. The molecular formula is C23H31FN2O6S. The Morgan fingerprint density at radius 1 is 1.09 bits per heavy atom. The zero-order valence-electron chi connectivity index (χ0n) is 19.0. The first-order valence-electron chi connectivity index (χ1n) is 10.6. The SMILES string of the molecule is COc1ccc(CN(C(CC(C)C)C(=O)NO)S(=O)(=O)c2ccc(OCCCF)cc2)cc1. The van der Waals surface area contributed by atoms with Crippen LogP contribution in [0.4, 0.5) is 4.39 Å². The second-order valence-electron chi connectivity index (χ2n) is 7.88. The molecule has 0 radical (unpaired) electrons. The molecule has 0 aromatic heterocycles. The monoisotopic (exact) mass is 482 g/mol. The fourth-order valence-electron chi connectivity index (χ4n) is 3.24. The van der Waals surface area contributed by atoms with E-state index >= 15 is 0 Å². The van der Waals surface area contributed by atoms with Crippen molar-refractivity contribution in [3.05, 3.63) is 54.1 Å². The van der Waals surface area contributed by atoms with Gasteiger partial charge in [-0.3, -0.25) is 14.4 Å². The first-order chi connectivity index (χ1) is 15.7. The maximum absolute atomic E-state index is 13.6. The van der Waals surface area contributed by atoms with E-state index in [9.17, 15) is 22.8 Å². The van der Waals surface area contributed by atoms with Crippen LogP contribution in [-0.4, -0.2) is 50.3 Å². The predicted molar refractivity (Wildman–Crippen MR) is 121 cm³/mol. The summed E-state index contributed by atoms with van der Waals surface area (Å²) in [6, 6.07) is 11.4. The number of methoxy groups -OCH3 is 1. The lowest BCUT2D eigenvalue weighted by Crippen LogP contribution is -2.49. The summed E-state index contributed by atoms with van der Waals surface area (Å²) in [5.41, 5.74) is 2.24. The number of carbonyl (C=O) groups excluding carboxylic acids is 1. The number of sulfonamides is 1. The molecule has 0 aliphatic rings. The highest BCUT2D eigenvalue weighted by molar-refractivity contribution is 7.89. The van der Waals surface area contributed by atoms with Crippen LogP contribution >= 0.6 is 0 Å². The van der Waals surface area contributed by atoms with Crippen molar-refractivity contribution in [2.24, 2.45) is 5.92 Å². The number of hydroxylamine groups is 1. The van der Waals surface area contributed by atoms with Crippen molar-refractivity contribution in [2.75, 3.05) is 20.4 Å². The Bertz CT molecular complexity index is 981. The molecule has 2 N–H and O–H groups in total. The molecule has 2 aromatic rings. The van der Waals surface area contributed by atoms with Gasteiger partial charge in [-0.15, -0.1) is 0 Å². The fourth-order valence-corrected chi connectivity index (χ4v) is 4.82. The van der Waals surface area contributed by atoms with E-state index in [0.29, 0.717) is 17.1 Å². The van der Waals surface area contributed by atoms with Gasteiger partial charge in [0.05, 0.1) is 25.3 Å². The third-order valence-corrected chi connectivity index (χ3v) is 6.80. The van der Waals surface area contributed by atoms with Crippen molar-refractivity contribution < 1.29 is 32.3 Å². The quantitative estimate of drug-likeness (QED) is 0.257. The maximum Gasteiger partial charge on any atom is 0.261 e. The highest BCUT2D eigenvalue weighted by Gasteiger charge is 2.36. The molecule has 0 aliphatic heterocycles. The van der Waals surface area contributed by atoms with Gasteiger partial charge in [-0.05, 0) is 54.3 Å². The number of hydrogen-bond acceptors (Lipinski definition) is 6. The Morgan fingerprint density at radius 2 is 1.70 bits per heavy atom. The van der Waals surface area contributed by atoms with Crippen molar-refractivity contribution in [1.29, 1.82) is 0 Å². The lowest BCUT2D eigenvalue weighted by Gasteiger charge is -2.30. The molecule has 0 saturated heterocycles. The largest absolute Gasteiger partial charge is 0.497 e. The minimum Gasteiger partial charge on any atom is -0.497 e. The van der Waals surface area contributed by atoms with E-state index in [1.165, 1.54) is 31.4 Å². The van der Waals surface area contributed by atoms with E-state index in [4.69, 9.17) is 9.47 Å². The highest BCUT2D eigenvalue weighted by Crippen LogP contribution is 2.27. The van der Waals surface area contributed by atoms with Gasteiger partial charge in [0.2, 0.25) is 10.0 Å². The molecule has 0 saturated carbocycles. The van der Waals surface area contributed by atoms with Gasteiger partial charge >= 0.3 is 0 Å². The van der Waals surface area contributed by atoms with Crippen LogP contribution in [0.1, 0.15) is 32.3 Å². The van der Waals surface area contributed by atoms with Crippen LogP contribution in [0, 0.1) is 5.92 Å². The molecule has 1 amide bonds. The number of nitrogens with one attached hydrogen (secondary N) is 1. The summed E-state index contributed by atoms with van der Waals surface area (Å²) in [6.07, 6.45) is 0.440. The summed E-state index contributed by atoms with van der Waals surface area (Å²) in [5.74, 6) is 0.193. The van der Waals surface area contributed by atoms with E-state index in [2.05, 4.69) is 0 Å². The van der Waals surface area contributed by atoms with Crippen molar-refractivity contribution in [3.8, 4) is 11.5 Å². The second-order valence-corrected chi connectivity index (χ2v) is 9.77. The molecule has 1 unspecified atom stereocenters. The third-order valence-electron chi connectivity index (χ3n) is 4.93. The van der Waals surface area contributed by atoms with E-state index in [1.807, 2.05) is 13.8 Å². The number of rotatable bonds is 13. The summed E-state index contributed by atoms with van der Waals surface area (Å²) in [5, 5.41) is 9.30. The lowest BCUT2D eigenvalue weighted by molar-refractivity contribution is -0.133. The number of nitrogens with zero attached hydrogens (tertiary/aromatic N) is 1. The van der Waals surface area contributed by atoms with Gasteiger partial charge in [-0.2, -0.15) is 4.31 Å². The Hall–Kier alpha value is -2.69. The minimum absolute atomic E-state index is 0.0212. The van der Waals surface area contributed by atoms with Gasteiger partial charge in [0.1, 0.15) is 17.5 Å². The number of ether oxygens (including phenoxy) is 2. The number of amides is 1. The first kappa shape index (κ1) is 26.6. The molecule has 10 heteroatoms. The van der Waals surface area contributed by atoms with E-state index in [-0.39, 0.29) is 36.8 Å². The average molecular weight is 483 g/mol. The van der Waals surface area contributed by atoms with Crippen molar-refractivity contribution in [2.45, 2.75) is 44.2 Å². The molecular weight excluding hydrogens is 451 g/mol. The molecule has 2 aromatic carbocycles. The van der Waals surface area contributed by atoms with Gasteiger partial charge in [0.25, 0.3) is 5.91 Å². The lowest BCUT2D eigenvalue weighted by atomic mass is 10.0. The van der Waals surface area contributed by atoms with Gasteiger partial charge in [0, 0.05) is 13.0 Å². The normalized spacial score (nSPS) is 12.6. The van der Waals surface area contributed by atoms with E-state index in [0.717, 1.165) is 4.31 Å². The number of carbonyl (C=O) groups is 1. The van der Waals surface area contributed by atoms with Gasteiger partial charge in [0.15, 0.2) is 0 Å². The van der Waals surface area contributed by atoms with Crippen molar-refractivity contribution >= 4 is 15.9 Å². The highest BCUT2D eigenvalue weighted by atomic mass is 32.2. The molecule has 0 heterocycles. The Balaban J connectivity index is 2.43. The molecule has 182 valence electrons. The summed E-state index contributed by atoms with van der Waals surface area (Å²) < 4.78 is 51.1. The zero-order valence-corrected chi connectivity index (χ0v) is 19.8. The molecule has 0 fully saturated rings. The van der Waals surface area contributed by atoms with Crippen molar-refractivity contribution in [3.63, 3.8) is 0 Å². The second kappa shape index (κ2) is 12.5. The zero-order chi connectivity index (χ0) is 24.4. The average Bonchev–Trinajstić information content (AvgIpc) is 2.81. The smallest absolute Gasteiger partial charge is 0.261 e. The summed E-state index contributed by atoms with van der Waals surface area (Å²) in [7, 11) is -2.61. The Labute approximate surface area is 194 Å². The number of halogens is 1. The van der Waals surface area contributed by atoms with Crippen LogP contribution in [-0.2, 0) is 21.4 Å². The van der Waals surface area contributed by atoms with Crippen LogP contribution in [0.2, 0.25) is 0 Å². The minimum atomic E-state index is -4.14. The van der Waals surface area contributed by atoms with Gasteiger partial charge < -0.3 is 9.47 Å². The number of hydrogen-bond donors (Lipinski definition) is 2. The molecule has 33 heavy (non-hydrogen) atoms. The third kappa shape index (κ3) is 7.41. The standard InChI is InChI=1S/C23H31FN2O6S/c1-17(2)15-22(23(27)25-28)26(16-18-5-7-19(31-3)8-6-18)33(29,30)21-11-9-20(10-12-21)32-14-4-13-24/h5-12,17,22,28H,4,13-16H2,1-3H3,(H,25,27). The maximum atomic E-state index is 13.6. The Morgan fingerprint density at radius 3 is 2.21 bits per heavy atom. The fraction of sp³-hybridized carbons (Fsp3) is 0.435. The first-order valence-corrected chi connectivity index (χ1v) is 12.0. The molecule has 0 bridgehead atoms. The van der Waals surface area contributed by atoms with Gasteiger partial charge in [-0.1, -0.05) is 26.0 Å².